The maximum atomic E-state index is 12.9. The van der Waals surface area contributed by atoms with Gasteiger partial charge in [0.05, 0.1) is 36.5 Å². The van der Waals surface area contributed by atoms with Gasteiger partial charge in [-0.25, -0.2) is 4.98 Å². The molecule has 0 radical (unpaired) electrons. The largest absolute Gasteiger partial charge is 0.416 e. The Morgan fingerprint density at radius 1 is 1.05 bits per heavy atom. The van der Waals surface area contributed by atoms with E-state index in [-0.39, 0.29) is 29.7 Å². The average molecular weight is 593 g/mol. The summed E-state index contributed by atoms with van der Waals surface area (Å²) in [5, 5.41) is 3.51. The summed E-state index contributed by atoms with van der Waals surface area (Å²) in [4.78, 5) is 47.2. The fraction of sp³-hybridized carbons (Fsp3) is 0.586. The second-order valence-corrected chi connectivity index (χ2v) is 12.2. The number of Topliss-reactive ketones (excluding diaryl/α,β-unsaturated/α-hetero) is 1. The number of hydrogen-bond donors (Lipinski definition) is 1. The van der Waals surface area contributed by atoms with Crippen LogP contribution in [0.5, 0.6) is 0 Å². The Bertz CT molecular complexity index is 1240. The molecule has 5 rings (SSSR count). The number of carbonyl (C=O) groups is 3. The number of nitrogens with zero attached hydrogens (tertiary/aromatic N) is 3. The molecule has 2 amide bonds. The van der Waals surface area contributed by atoms with Crippen LogP contribution < -0.4 is 5.32 Å². The number of halogens is 3. The zero-order chi connectivity index (χ0) is 29.0. The van der Waals surface area contributed by atoms with Crippen molar-refractivity contribution in [2.24, 2.45) is 5.92 Å². The highest BCUT2D eigenvalue weighted by molar-refractivity contribution is 7.13. The van der Waals surface area contributed by atoms with Crippen molar-refractivity contribution >= 4 is 28.9 Å². The van der Waals surface area contributed by atoms with Gasteiger partial charge in [-0.05, 0) is 62.8 Å². The first-order valence-corrected chi connectivity index (χ1v) is 15.0. The lowest BCUT2D eigenvalue weighted by molar-refractivity contribution is -0.137. The van der Waals surface area contributed by atoms with Gasteiger partial charge in [0, 0.05) is 43.6 Å². The second-order valence-electron chi connectivity index (χ2n) is 11.1. The van der Waals surface area contributed by atoms with Crippen LogP contribution in [0.15, 0.2) is 30.5 Å². The van der Waals surface area contributed by atoms with Gasteiger partial charge in [-0.1, -0.05) is 6.07 Å². The third-order valence-corrected chi connectivity index (χ3v) is 9.47. The van der Waals surface area contributed by atoms with Crippen molar-refractivity contribution in [1.82, 2.24) is 20.1 Å². The van der Waals surface area contributed by atoms with E-state index < -0.39 is 17.6 Å². The van der Waals surface area contributed by atoms with Gasteiger partial charge >= 0.3 is 6.18 Å². The van der Waals surface area contributed by atoms with E-state index in [9.17, 15) is 27.6 Å². The molecule has 0 bridgehead atoms. The molecule has 3 heterocycles. The van der Waals surface area contributed by atoms with E-state index in [4.69, 9.17) is 4.74 Å². The summed E-state index contributed by atoms with van der Waals surface area (Å²) in [5.74, 6) is -0.195. The van der Waals surface area contributed by atoms with Gasteiger partial charge in [0.25, 0.3) is 11.8 Å². The molecular weight excluding hydrogens is 557 g/mol. The predicted molar refractivity (Wildman–Crippen MR) is 147 cm³/mol. The van der Waals surface area contributed by atoms with Crippen LogP contribution in [0.4, 0.5) is 13.2 Å². The summed E-state index contributed by atoms with van der Waals surface area (Å²) < 4.78 is 44.1. The minimum absolute atomic E-state index is 0.0404. The Hall–Kier alpha value is -2.83. The number of ether oxygens (including phenoxy) is 1. The van der Waals surface area contributed by atoms with Crippen molar-refractivity contribution in [1.29, 1.82) is 0 Å². The maximum Gasteiger partial charge on any atom is 0.416 e. The maximum absolute atomic E-state index is 12.9. The highest BCUT2D eigenvalue weighted by Crippen LogP contribution is 2.38. The molecule has 0 spiro atoms. The van der Waals surface area contributed by atoms with E-state index in [1.54, 1.807) is 6.20 Å². The first-order chi connectivity index (χ1) is 19.7. The normalized spacial score (nSPS) is 23.9. The van der Waals surface area contributed by atoms with Gasteiger partial charge < -0.3 is 19.9 Å². The van der Waals surface area contributed by atoms with Crippen LogP contribution in [0.1, 0.15) is 75.0 Å². The minimum Gasteiger partial charge on any atom is -0.378 e. The van der Waals surface area contributed by atoms with Crippen molar-refractivity contribution < 1.29 is 32.3 Å². The van der Waals surface area contributed by atoms with Crippen LogP contribution in [0.3, 0.4) is 0 Å². The number of alkyl halides is 3. The van der Waals surface area contributed by atoms with Crippen LogP contribution in [-0.2, 0) is 15.7 Å². The number of aromatic nitrogens is 1. The minimum atomic E-state index is -4.53. The molecule has 2 saturated heterocycles. The Morgan fingerprint density at radius 3 is 2.54 bits per heavy atom. The lowest BCUT2D eigenvalue weighted by Gasteiger charge is -2.34. The number of amides is 2. The summed E-state index contributed by atoms with van der Waals surface area (Å²) in [6.45, 7) is 3.96. The van der Waals surface area contributed by atoms with Crippen molar-refractivity contribution in [2.75, 3.05) is 45.9 Å². The predicted octanol–water partition coefficient (Wildman–Crippen LogP) is 4.37. The first kappa shape index (κ1) is 29.7. The number of thiazole rings is 1. The smallest absolute Gasteiger partial charge is 0.378 e. The molecule has 1 N–H and O–H groups in total. The zero-order valence-electron chi connectivity index (χ0n) is 22.8. The SMILES string of the molecule is O=C(CNC(=O)c1cccc(C(F)(F)F)c1)C[C@@H]1CCN(C2CCC(c3ncc(C(=O)N4CCOCC4)s3)CC2)C1. The summed E-state index contributed by atoms with van der Waals surface area (Å²) in [5.41, 5.74) is -1.01. The summed E-state index contributed by atoms with van der Waals surface area (Å²) >= 11 is 1.51. The number of morpholine rings is 1. The van der Waals surface area contributed by atoms with E-state index in [0.29, 0.717) is 49.6 Å². The molecule has 1 aliphatic carbocycles. The number of hydrogen-bond acceptors (Lipinski definition) is 7. The van der Waals surface area contributed by atoms with E-state index in [0.717, 1.165) is 62.3 Å². The Balaban J connectivity index is 1.03. The number of benzene rings is 1. The summed E-state index contributed by atoms with van der Waals surface area (Å²) in [7, 11) is 0. The molecule has 3 fully saturated rings. The van der Waals surface area contributed by atoms with Crippen LogP contribution in [-0.4, -0.2) is 84.4 Å². The van der Waals surface area contributed by atoms with Crippen LogP contribution >= 0.6 is 11.3 Å². The molecule has 1 saturated carbocycles. The van der Waals surface area contributed by atoms with Crippen LogP contribution in [0.2, 0.25) is 0 Å². The lowest BCUT2D eigenvalue weighted by Crippen LogP contribution is -2.40. The van der Waals surface area contributed by atoms with Gasteiger partial charge in [-0.3, -0.25) is 14.4 Å². The molecule has 1 atom stereocenters. The molecule has 3 aliphatic rings. The Morgan fingerprint density at radius 2 is 1.80 bits per heavy atom. The number of likely N-dealkylation sites (tertiary alicyclic amines) is 1. The monoisotopic (exact) mass is 592 g/mol. The van der Waals surface area contributed by atoms with Crippen molar-refractivity contribution in [2.45, 2.75) is 56.7 Å². The Labute approximate surface area is 241 Å². The van der Waals surface area contributed by atoms with Crippen molar-refractivity contribution in [3.8, 4) is 0 Å². The van der Waals surface area contributed by atoms with Crippen LogP contribution in [0.25, 0.3) is 0 Å². The fourth-order valence-corrected chi connectivity index (χ4v) is 7.11. The molecule has 222 valence electrons. The summed E-state index contributed by atoms with van der Waals surface area (Å²) in [6.07, 6.45) is 2.56. The highest BCUT2D eigenvalue weighted by atomic mass is 32.1. The van der Waals surface area contributed by atoms with E-state index in [2.05, 4.69) is 15.2 Å². The second kappa shape index (κ2) is 13.0. The Kier molecular flexibility index (Phi) is 9.40. The van der Waals surface area contributed by atoms with Crippen LogP contribution in [0, 0.1) is 5.92 Å². The van der Waals surface area contributed by atoms with Crippen molar-refractivity contribution in [3.05, 3.63) is 51.5 Å². The zero-order valence-corrected chi connectivity index (χ0v) is 23.6. The molecule has 12 heteroatoms. The number of ketones is 1. The average Bonchev–Trinajstić information content (AvgIpc) is 3.66. The topological polar surface area (TPSA) is 91.8 Å². The molecule has 0 unspecified atom stereocenters. The van der Waals surface area contributed by atoms with Gasteiger partial charge in [0.2, 0.25) is 0 Å². The quantitative estimate of drug-likeness (QED) is 0.490. The molecule has 2 aromatic rings. The van der Waals surface area contributed by atoms with E-state index in [1.165, 1.54) is 23.5 Å². The first-order valence-electron chi connectivity index (χ1n) is 14.2. The van der Waals surface area contributed by atoms with Crippen molar-refractivity contribution in [3.63, 3.8) is 0 Å². The molecule has 41 heavy (non-hydrogen) atoms. The van der Waals surface area contributed by atoms with E-state index in [1.807, 2.05) is 4.90 Å². The number of rotatable bonds is 8. The van der Waals surface area contributed by atoms with E-state index >= 15 is 0 Å². The molecular formula is C29H35F3N4O4S. The standard InChI is InChI=1S/C29H35F3N4O4S/c30-29(31,32)22-3-1-2-21(15-22)26(38)33-16-24(37)14-19-8-9-36(18-19)23-6-4-20(5-7-23)27-34-17-25(41-27)28(39)35-10-12-40-13-11-35/h1-3,15,17,19-20,23H,4-14,16,18H2,(H,33,38)/t19-,20?,23?/m0/s1. The molecule has 2 aliphatic heterocycles. The molecule has 8 nitrogen and oxygen atoms in total. The third kappa shape index (κ3) is 7.52. The third-order valence-electron chi connectivity index (χ3n) is 8.33. The van der Waals surface area contributed by atoms with Gasteiger partial charge in [-0.2, -0.15) is 13.2 Å². The lowest BCUT2D eigenvalue weighted by atomic mass is 9.85. The molecule has 1 aromatic carbocycles. The number of carbonyl (C=O) groups excluding carboxylic acids is 3. The highest BCUT2D eigenvalue weighted by Gasteiger charge is 2.34. The molecule has 1 aromatic heterocycles. The number of nitrogens with one attached hydrogen (secondary N) is 1. The summed E-state index contributed by atoms with van der Waals surface area (Å²) in [6, 6.07) is 4.65. The fourth-order valence-electron chi connectivity index (χ4n) is 6.06. The van der Waals surface area contributed by atoms with Gasteiger partial charge in [0.1, 0.15) is 4.88 Å². The van der Waals surface area contributed by atoms with Gasteiger partial charge in [0.15, 0.2) is 5.78 Å². The van der Waals surface area contributed by atoms with Gasteiger partial charge in [-0.15, -0.1) is 11.3 Å².